The van der Waals surface area contributed by atoms with Crippen molar-refractivity contribution in [2.45, 2.75) is 13.0 Å². The zero-order chi connectivity index (χ0) is 14.4. The molecule has 6 heteroatoms. The molecular weight excluding hydrogens is 264 g/mol. The van der Waals surface area contributed by atoms with E-state index in [9.17, 15) is 0 Å². The average molecular weight is 282 g/mol. The number of anilines is 1. The molecule has 108 valence electrons. The van der Waals surface area contributed by atoms with Gasteiger partial charge in [0.1, 0.15) is 5.65 Å². The summed E-state index contributed by atoms with van der Waals surface area (Å²) in [5.41, 5.74) is 5.18. The van der Waals surface area contributed by atoms with Gasteiger partial charge in [-0.15, -0.1) is 0 Å². The van der Waals surface area contributed by atoms with E-state index in [2.05, 4.69) is 55.6 Å². The van der Waals surface area contributed by atoms with Gasteiger partial charge in [0, 0.05) is 37.3 Å². The molecule has 1 fully saturated rings. The van der Waals surface area contributed by atoms with Crippen LogP contribution in [0.5, 0.6) is 0 Å². The largest absolute Gasteiger partial charge is 0.387 e. The van der Waals surface area contributed by atoms with E-state index < -0.39 is 0 Å². The number of nitrogens with zero attached hydrogens (tertiary/aromatic N) is 3. The van der Waals surface area contributed by atoms with E-state index in [1.807, 2.05) is 13.2 Å². The molecule has 0 amide bonds. The maximum absolute atomic E-state index is 4.64. The fourth-order valence-electron chi connectivity index (χ4n) is 2.69. The molecule has 0 bridgehead atoms. The van der Waals surface area contributed by atoms with Gasteiger partial charge >= 0.3 is 0 Å². The third-order valence-corrected chi connectivity index (χ3v) is 4.10. The highest BCUT2D eigenvalue weighted by atomic mass is 15.3. The molecular formula is C15H18N6. The number of aryl methyl sites for hydroxylation is 1. The number of H-pyrrole nitrogens is 1. The maximum atomic E-state index is 4.64. The van der Waals surface area contributed by atoms with E-state index in [1.165, 1.54) is 0 Å². The van der Waals surface area contributed by atoms with Crippen molar-refractivity contribution in [3.8, 4) is 11.3 Å². The maximum Gasteiger partial charge on any atom is 0.137 e. The van der Waals surface area contributed by atoms with Gasteiger partial charge in [-0.2, -0.15) is 5.10 Å². The van der Waals surface area contributed by atoms with E-state index in [0.717, 1.165) is 46.8 Å². The van der Waals surface area contributed by atoms with Crippen LogP contribution in [0.4, 0.5) is 5.69 Å². The Kier molecular flexibility index (Phi) is 2.71. The molecule has 21 heavy (non-hydrogen) atoms. The molecule has 1 aliphatic rings. The number of rotatable bonds is 3. The number of aromatic amines is 1. The molecule has 1 saturated heterocycles. The Labute approximate surface area is 122 Å². The second-order valence-corrected chi connectivity index (χ2v) is 5.52. The van der Waals surface area contributed by atoms with Gasteiger partial charge in [0.25, 0.3) is 0 Å². The lowest BCUT2D eigenvalue weighted by Gasteiger charge is -2.27. The Bertz CT molecular complexity index is 796. The molecule has 0 aliphatic carbocycles. The van der Waals surface area contributed by atoms with Crippen LogP contribution in [0.15, 0.2) is 24.5 Å². The van der Waals surface area contributed by atoms with Crippen LogP contribution >= 0.6 is 0 Å². The summed E-state index contributed by atoms with van der Waals surface area (Å²) in [4.78, 5) is 7.83. The second kappa shape index (κ2) is 4.60. The first kappa shape index (κ1) is 12.4. The number of hydrogen-bond donors (Lipinski definition) is 3. The molecule has 3 N–H and O–H groups in total. The van der Waals surface area contributed by atoms with Crippen molar-refractivity contribution in [3.05, 3.63) is 30.2 Å². The Morgan fingerprint density at radius 2 is 2.19 bits per heavy atom. The number of aromatic nitrogens is 4. The van der Waals surface area contributed by atoms with Crippen LogP contribution in [-0.2, 0) is 0 Å². The van der Waals surface area contributed by atoms with Crippen LogP contribution in [0.2, 0.25) is 0 Å². The molecule has 0 aromatic carbocycles. The van der Waals surface area contributed by atoms with E-state index in [1.54, 1.807) is 0 Å². The quantitative estimate of drug-likeness (QED) is 0.686. The summed E-state index contributed by atoms with van der Waals surface area (Å²) in [6, 6.07) is 4.71. The summed E-state index contributed by atoms with van der Waals surface area (Å²) in [6.07, 6.45) is 3.96. The zero-order valence-electron chi connectivity index (χ0n) is 12.1. The predicted molar refractivity (Wildman–Crippen MR) is 83.5 cm³/mol. The monoisotopic (exact) mass is 282 g/mol. The molecule has 3 aromatic heterocycles. The molecule has 0 atom stereocenters. The van der Waals surface area contributed by atoms with Crippen molar-refractivity contribution in [2.75, 3.05) is 25.5 Å². The molecule has 1 aliphatic heterocycles. The summed E-state index contributed by atoms with van der Waals surface area (Å²) in [6.45, 7) is 4.05. The lowest BCUT2D eigenvalue weighted by molar-refractivity contribution is 0.317. The third kappa shape index (κ3) is 1.99. The van der Waals surface area contributed by atoms with Crippen molar-refractivity contribution >= 4 is 16.7 Å². The summed E-state index contributed by atoms with van der Waals surface area (Å²) in [5, 5.41) is 12.1. The van der Waals surface area contributed by atoms with Crippen LogP contribution < -0.4 is 10.6 Å². The average Bonchev–Trinajstić information content (AvgIpc) is 2.99. The van der Waals surface area contributed by atoms with Crippen LogP contribution in [0, 0.1) is 6.92 Å². The summed E-state index contributed by atoms with van der Waals surface area (Å²) >= 11 is 0. The first-order valence-electron chi connectivity index (χ1n) is 7.18. The van der Waals surface area contributed by atoms with Crippen LogP contribution in [-0.4, -0.2) is 39.9 Å². The van der Waals surface area contributed by atoms with Crippen molar-refractivity contribution in [1.82, 2.24) is 25.1 Å². The van der Waals surface area contributed by atoms with E-state index in [4.69, 9.17) is 0 Å². The summed E-state index contributed by atoms with van der Waals surface area (Å²) in [5.74, 6) is 0. The van der Waals surface area contributed by atoms with E-state index >= 15 is 0 Å². The van der Waals surface area contributed by atoms with Gasteiger partial charge in [0.2, 0.25) is 0 Å². The fourth-order valence-corrected chi connectivity index (χ4v) is 2.69. The van der Waals surface area contributed by atoms with Crippen LogP contribution in [0.25, 0.3) is 22.3 Å². The predicted octanol–water partition coefficient (Wildman–Crippen LogP) is 1.92. The van der Waals surface area contributed by atoms with Gasteiger partial charge in [-0.3, -0.25) is 4.68 Å². The number of pyridine rings is 1. The third-order valence-electron chi connectivity index (χ3n) is 4.10. The minimum absolute atomic E-state index is 0.482. The van der Waals surface area contributed by atoms with Gasteiger partial charge in [-0.25, -0.2) is 4.98 Å². The molecule has 4 heterocycles. The summed E-state index contributed by atoms with van der Waals surface area (Å²) < 4.78 is 2.07. The topological polar surface area (TPSA) is 70.6 Å². The van der Waals surface area contributed by atoms with Gasteiger partial charge in [0.15, 0.2) is 0 Å². The van der Waals surface area contributed by atoms with Crippen molar-refractivity contribution in [1.29, 1.82) is 0 Å². The van der Waals surface area contributed by atoms with Crippen LogP contribution in [0.3, 0.4) is 0 Å². The number of hydrogen-bond acceptors (Lipinski definition) is 4. The van der Waals surface area contributed by atoms with Gasteiger partial charge in [0.05, 0.1) is 29.3 Å². The lowest BCUT2D eigenvalue weighted by atomic mass is 10.1. The number of fused-ring (bicyclic) bond motifs is 1. The molecule has 0 radical (unpaired) electrons. The molecule has 4 rings (SSSR count). The molecule has 3 aromatic rings. The Balaban J connectivity index is 1.76. The molecule has 0 saturated carbocycles. The number of nitrogens with one attached hydrogen (secondary N) is 3. The fraction of sp³-hybridized carbons (Fsp3) is 0.333. The SMILES string of the molecule is CNc1cnc2[nH]c(-c3cn(C4CNC4)nc3C)cc2c1. The Hall–Kier alpha value is -2.34. The summed E-state index contributed by atoms with van der Waals surface area (Å²) in [7, 11) is 1.90. The highest BCUT2D eigenvalue weighted by Crippen LogP contribution is 2.28. The minimum atomic E-state index is 0.482. The normalized spacial score (nSPS) is 15.3. The second-order valence-electron chi connectivity index (χ2n) is 5.52. The smallest absolute Gasteiger partial charge is 0.137 e. The minimum Gasteiger partial charge on any atom is -0.387 e. The van der Waals surface area contributed by atoms with Crippen LogP contribution in [0.1, 0.15) is 11.7 Å². The molecule has 0 unspecified atom stereocenters. The van der Waals surface area contributed by atoms with Gasteiger partial charge in [-0.1, -0.05) is 0 Å². The highest BCUT2D eigenvalue weighted by Gasteiger charge is 2.21. The van der Waals surface area contributed by atoms with Gasteiger partial charge < -0.3 is 15.6 Å². The molecule has 6 nitrogen and oxygen atoms in total. The standard InChI is InChI=1S/C15H18N6/c1-9-13(8-21(20-9)12-6-17-7-12)14-4-10-3-11(16-2)5-18-15(10)19-14/h3-5,8,12,16-17H,6-7H2,1-2H3,(H,18,19). The first-order valence-corrected chi connectivity index (χ1v) is 7.18. The zero-order valence-corrected chi connectivity index (χ0v) is 12.1. The Morgan fingerprint density at radius 1 is 1.33 bits per heavy atom. The van der Waals surface area contributed by atoms with Crippen molar-refractivity contribution < 1.29 is 0 Å². The van der Waals surface area contributed by atoms with Gasteiger partial charge in [-0.05, 0) is 19.1 Å². The van der Waals surface area contributed by atoms with E-state index in [-0.39, 0.29) is 0 Å². The lowest BCUT2D eigenvalue weighted by Crippen LogP contribution is -2.43. The van der Waals surface area contributed by atoms with E-state index in [0.29, 0.717) is 6.04 Å². The van der Waals surface area contributed by atoms with Crippen molar-refractivity contribution in [2.24, 2.45) is 0 Å². The highest BCUT2D eigenvalue weighted by molar-refractivity contribution is 5.85. The Morgan fingerprint density at radius 3 is 2.90 bits per heavy atom. The molecule has 0 spiro atoms. The van der Waals surface area contributed by atoms with Crippen molar-refractivity contribution in [3.63, 3.8) is 0 Å². The first-order chi connectivity index (χ1) is 10.2.